The Morgan fingerprint density at radius 2 is 1.90 bits per heavy atom. The zero-order chi connectivity index (χ0) is 21.4. The van der Waals surface area contributed by atoms with E-state index < -0.39 is 16.9 Å². The van der Waals surface area contributed by atoms with Gasteiger partial charge in [-0.05, 0) is 54.7 Å². The number of hydrogen-bond acceptors (Lipinski definition) is 5. The van der Waals surface area contributed by atoms with Gasteiger partial charge in [-0.25, -0.2) is 0 Å². The first-order valence-corrected chi connectivity index (χ1v) is 10.8. The second kappa shape index (κ2) is 10.8. The minimum Gasteiger partial charge on any atom is -0.340 e. The molecule has 0 aliphatic heterocycles. The molecule has 0 saturated heterocycles. The molecule has 0 saturated carbocycles. The van der Waals surface area contributed by atoms with E-state index >= 15 is 0 Å². The lowest BCUT2D eigenvalue weighted by Gasteiger charge is -2.18. The summed E-state index contributed by atoms with van der Waals surface area (Å²) >= 11 is 7.34. The van der Waals surface area contributed by atoms with E-state index in [1.165, 1.54) is 12.1 Å². The molecule has 2 N–H and O–H groups in total. The number of thioether (sulfide) groups is 1. The van der Waals surface area contributed by atoms with Crippen LogP contribution in [0.25, 0.3) is 0 Å². The van der Waals surface area contributed by atoms with Gasteiger partial charge in [0.15, 0.2) is 0 Å². The van der Waals surface area contributed by atoms with Crippen LogP contribution in [-0.4, -0.2) is 34.8 Å². The molecule has 29 heavy (non-hydrogen) atoms. The number of carbonyl (C=O) groups excluding carboxylic acids is 2. The molecular weight excluding hydrogens is 414 g/mol. The molecule has 0 aromatic heterocycles. The van der Waals surface area contributed by atoms with E-state index in [0.29, 0.717) is 17.9 Å². The number of nitro groups is 1. The Kier molecular flexibility index (Phi) is 8.48. The molecule has 0 fully saturated rings. The Morgan fingerprint density at radius 3 is 2.48 bits per heavy atom. The van der Waals surface area contributed by atoms with Crippen LogP contribution in [0, 0.1) is 10.1 Å². The van der Waals surface area contributed by atoms with Gasteiger partial charge in [0.05, 0.1) is 4.92 Å². The van der Waals surface area contributed by atoms with Gasteiger partial charge in [0.1, 0.15) is 11.1 Å². The monoisotopic (exact) mass is 435 g/mol. The summed E-state index contributed by atoms with van der Waals surface area (Å²) in [5, 5.41) is 16.5. The number of halogens is 1. The summed E-state index contributed by atoms with van der Waals surface area (Å²) in [6.07, 6.45) is 3.22. The SMILES string of the molecule is CCc1ccc(NC(=O)C(CCSC)NC(=O)c2ccc(Cl)c([N+](=O)[O-])c2)cc1. The van der Waals surface area contributed by atoms with Crippen LogP contribution in [0.15, 0.2) is 42.5 Å². The number of nitrogens with zero attached hydrogens (tertiary/aromatic N) is 1. The molecule has 9 heteroatoms. The number of nitrogens with one attached hydrogen (secondary N) is 2. The van der Waals surface area contributed by atoms with Gasteiger partial charge in [-0.3, -0.25) is 19.7 Å². The van der Waals surface area contributed by atoms with E-state index in [9.17, 15) is 19.7 Å². The third kappa shape index (κ3) is 6.47. The topological polar surface area (TPSA) is 101 Å². The summed E-state index contributed by atoms with van der Waals surface area (Å²) < 4.78 is 0. The number of benzene rings is 2. The van der Waals surface area contributed by atoms with Gasteiger partial charge < -0.3 is 10.6 Å². The van der Waals surface area contributed by atoms with Crippen LogP contribution in [0.3, 0.4) is 0 Å². The standard InChI is InChI=1S/C20H22ClN3O4S/c1-3-13-4-7-15(8-5-13)22-20(26)17(10-11-29-2)23-19(25)14-6-9-16(21)18(12-14)24(27)28/h4-9,12,17H,3,10-11H2,1-2H3,(H,22,26)(H,23,25). The average Bonchev–Trinajstić information content (AvgIpc) is 2.71. The van der Waals surface area contributed by atoms with Crippen LogP contribution in [0.1, 0.15) is 29.3 Å². The highest BCUT2D eigenvalue weighted by atomic mass is 35.5. The zero-order valence-electron chi connectivity index (χ0n) is 16.1. The zero-order valence-corrected chi connectivity index (χ0v) is 17.7. The average molecular weight is 436 g/mol. The number of carbonyl (C=O) groups is 2. The first kappa shape index (κ1) is 22.7. The molecule has 2 amide bonds. The third-order valence-corrected chi connectivity index (χ3v) is 5.23. The van der Waals surface area contributed by atoms with Crippen LogP contribution >= 0.6 is 23.4 Å². The highest BCUT2D eigenvalue weighted by Crippen LogP contribution is 2.25. The lowest BCUT2D eigenvalue weighted by atomic mass is 10.1. The molecule has 1 unspecified atom stereocenters. The van der Waals surface area contributed by atoms with Crippen LogP contribution in [0.2, 0.25) is 5.02 Å². The Morgan fingerprint density at radius 1 is 1.21 bits per heavy atom. The van der Waals surface area contributed by atoms with E-state index in [0.717, 1.165) is 18.1 Å². The first-order chi connectivity index (χ1) is 13.8. The number of nitro benzene ring substituents is 1. The third-order valence-electron chi connectivity index (χ3n) is 4.27. The summed E-state index contributed by atoms with van der Waals surface area (Å²) in [6.45, 7) is 2.04. The molecule has 2 aromatic carbocycles. The van der Waals surface area contributed by atoms with E-state index in [4.69, 9.17) is 11.6 Å². The maximum absolute atomic E-state index is 12.7. The summed E-state index contributed by atoms with van der Waals surface area (Å²) in [7, 11) is 0. The summed E-state index contributed by atoms with van der Waals surface area (Å²) in [6, 6.07) is 10.5. The lowest BCUT2D eigenvalue weighted by Crippen LogP contribution is -2.44. The van der Waals surface area contributed by atoms with Crippen molar-refractivity contribution < 1.29 is 14.5 Å². The quantitative estimate of drug-likeness (QED) is 0.451. The molecule has 0 aliphatic rings. The van der Waals surface area contributed by atoms with Crippen LogP contribution in [0.4, 0.5) is 11.4 Å². The Hall–Kier alpha value is -2.58. The van der Waals surface area contributed by atoms with Gasteiger partial charge in [0, 0.05) is 17.3 Å². The maximum Gasteiger partial charge on any atom is 0.288 e. The minimum absolute atomic E-state index is 0.0567. The fourth-order valence-electron chi connectivity index (χ4n) is 2.59. The van der Waals surface area contributed by atoms with Crippen molar-refractivity contribution in [2.45, 2.75) is 25.8 Å². The second-order valence-corrected chi connectivity index (χ2v) is 7.66. The van der Waals surface area contributed by atoms with Crippen molar-refractivity contribution in [2.24, 2.45) is 0 Å². The van der Waals surface area contributed by atoms with Crippen LogP contribution in [0.5, 0.6) is 0 Å². The predicted molar refractivity (Wildman–Crippen MR) is 117 cm³/mol. The minimum atomic E-state index is -0.782. The fourth-order valence-corrected chi connectivity index (χ4v) is 3.25. The van der Waals surface area contributed by atoms with Gasteiger partial charge >= 0.3 is 0 Å². The predicted octanol–water partition coefficient (Wildman–Crippen LogP) is 4.30. The second-order valence-electron chi connectivity index (χ2n) is 6.27. The molecule has 154 valence electrons. The van der Waals surface area contributed by atoms with Gasteiger partial charge in [-0.15, -0.1) is 0 Å². The van der Waals surface area contributed by atoms with Gasteiger partial charge in [-0.2, -0.15) is 11.8 Å². The molecule has 2 rings (SSSR count). The van der Waals surface area contributed by atoms with Gasteiger partial charge in [0.2, 0.25) is 5.91 Å². The van der Waals surface area contributed by atoms with Gasteiger partial charge in [0.25, 0.3) is 11.6 Å². The van der Waals surface area contributed by atoms with Crippen LogP contribution < -0.4 is 10.6 Å². The summed E-state index contributed by atoms with van der Waals surface area (Å²) in [4.78, 5) is 35.7. The number of amides is 2. The largest absolute Gasteiger partial charge is 0.340 e. The smallest absolute Gasteiger partial charge is 0.288 e. The molecule has 1 atom stereocenters. The number of rotatable bonds is 9. The van der Waals surface area contributed by atoms with E-state index in [-0.39, 0.29) is 22.2 Å². The summed E-state index contributed by atoms with van der Waals surface area (Å²) in [5.74, 6) is -0.263. The molecule has 0 heterocycles. The molecule has 0 radical (unpaired) electrons. The van der Waals surface area contributed by atoms with Crippen molar-refractivity contribution in [3.05, 3.63) is 68.7 Å². The normalized spacial score (nSPS) is 11.6. The number of aryl methyl sites for hydroxylation is 1. The molecule has 7 nitrogen and oxygen atoms in total. The number of hydrogen-bond donors (Lipinski definition) is 2. The van der Waals surface area contributed by atoms with Crippen molar-refractivity contribution in [1.29, 1.82) is 0 Å². The van der Waals surface area contributed by atoms with Gasteiger partial charge in [-0.1, -0.05) is 30.7 Å². The van der Waals surface area contributed by atoms with Crippen molar-refractivity contribution >= 4 is 46.6 Å². The Bertz CT molecular complexity index is 890. The van der Waals surface area contributed by atoms with Crippen molar-refractivity contribution in [3.63, 3.8) is 0 Å². The highest BCUT2D eigenvalue weighted by molar-refractivity contribution is 7.98. The maximum atomic E-state index is 12.7. The van der Waals surface area contributed by atoms with E-state index in [2.05, 4.69) is 10.6 Å². The highest BCUT2D eigenvalue weighted by Gasteiger charge is 2.23. The Labute approximate surface area is 178 Å². The van der Waals surface area contributed by atoms with Crippen molar-refractivity contribution in [2.75, 3.05) is 17.3 Å². The molecule has 2 aromatic rings. The molecular formula is C20H22ClN3O4S. The fraction of sp³-hybridized carbons (Fsp3) is 0.300. The lowest BCUT2D eigenvalue weighted by molar-refractivity contribution is -0.384. The first-order valence-electron chi connectivity index (χ1n) is 8.99. The van der Waals surface area contributed by atoms with E-state index in [1.54, 1.807) is 11.8 Å². The van der Waals surface area contributed by atoms with Crippen molar-refractivity contribution in [1.82, 2.24) is 5.32 Å². The molecule has 0 spiro atoms. The Balaban J connectivity index is 2.14. The molecule has 0 aliphatic carbocycles. The van der Waals surface area contributed by atoms with Crippen LogP contribution in [-0.2, 0) is 11.2 Å². The van der Waals surface area contributed by atoms with E-state index in [1.807, 2.05) is 37.4 Å². The number of anilines is 1. The molecule has 0 bridgehead atoms. The summed E-state index contributed by atoms with van der Waals surface area (Å²) in [5.41, 5.74) is 1.49. The van der Waals surface area contributed by atoms with Crippen molar-refractivity contribution in [3.8, 4) is 0 Å².